The summed E-state index contributed by atoms with van der Waals surface area (Å²) in [6.45, 7) is 0. The van der Waals surface area contributed by atoms with Crippen molar-refractivity contribution < 1.29 is 14.7 Å². The minimum absolute atomic E-state index is 0.0432. The molecule has 1 atom stereocenters. The molecule has 0 spiro atoms. The average Bonchev–Trinajstić information content (AvgIpc) is 2.78. The Kier molecular flexibility index (Phi) is 3.92. The lowest BCUT2D eigenvalue weighted by Crippen LogP contribution is -2.39. The van der Waals surface area contributed by atoms with E-state index in [1.54, 1.807) is 6.07 Å². The van der Waals surface area contributed by atoms with E-state index < -0.39 is 0 Å². The van der Waals surface area contributed by atoms with E-state index in [4.69, 9.17) is 0 Å². The maximum Gasteiger partial charge on any atom is 0.252 e. The van der Waals surface area contributed by atoms with Crippen LogP contribution >= 0.6 is 0 Å². The number of rotatable bonds is 3. The highest BCUT2D eigenvalue weighted by Crippen LogP contribution is 2.27. The van der Waals surface area contributed by atoms with E-state index in [0.29, 0.717) is 5.56 Å². The molecule has 0 unspecified atom stereocenters. The van der Waals surface area contributed by atoms with E-state index in [9.17, 15) is 14.7 Å². The van der Waals surface area contributed by atoms with E-state index >= 15 is 0 Å². The third-order valence-electron chi connectivity index (χ3n) is 4.34. The van der Waals surface area contributed by atoms with Gasteiger partial charge in [-0.15, -0.1) is 0 Å². The standard InChI is InChI=1S/C16H20N2O3/c19-11-7-5-10(6-8-11)17-15(20)9-14-12-3-1-2-4-13(12)16(21)18-14/h1-4,10-11,14,19H,5-9H2,(H,17,20)(H,18,21)/t10?,11?,14-/m0/s1. The first-order valence-electron chi connectivity index (χ1n) is 7.50. The molecule has 0 aromatic heterocycles. The molecule has 1 aliphatic heterocycles. The summed E-state index contributed by atoms with van der Waals surface area (Å²) in [5.41, 5.74) is 1.56. The Morgan fingerprint density at radius 1 is 1.24 bits per heavy atom. The maximum atomic E-state index is 12.1. The maximum absolute atomic E-state index is 12.1. The molecule has 1 fully saturated rings. The number of aliphatic hydroxyl groups excluding tert-OH is 1. The highest BCUT2D eigenvalue weighted by atomic mass is 16.3. The zero-order valence-electron chi connectivity index (χ0n) is 11.8. The molecular weight excluding hydrogens is 268 g/mol. The van der Waals surface area contributed by atoms with Gasteiger partial charge in [0, 0.05) is 11.6 Å². The van der Waals surface area contributed by atoms with Crippen LogP contribution in [0, 0.1) is 0 Å². The Hall–Kier alpha value is -1.88. The van der Waals surface area contributed by atoms with Crippen LogP contribution < -0.4 is 10.6 Å². The smallest absolute Gasteiger partial charge is 0.252 e. The van der Waals surface area contributed by atoms with E-state index in [2.05, 4.69) is 10.6 Å². The Labute approximate surface area is 123 Å². The highest BCUT2D eigenvalue weighted by Gasteiger charge is 2.30. The Balaban J connectivity index is 1.58. The first-order chi connectivity index (χ1) is 10.1. The number of fused-ring (bicyclic) bond motifs is 1. The van der Waals surface area contributed by atoms with E-state index in [-0.39, 0.29) is 36.4 Å². The summed E-state index contributed by atoms with van der Waals surface area (Å²) >= 11 is 0. The molecule has 5 nitrogen and oxygen atoms in total. The molecule has 5 heteroatoms. The summed E-state index contributed by atoms with van der Waals surface area (Å²) in [7, 11) is 0. The summed E-state index contributed by atoms with van der Waals surface area (Å²) in [5, 5.41) is 15.3. The van der Waals surface area contributed by atoms with Crippen molar-refractivity contribution in [2.75, 3.05) is 0 Å². The van der Waals surface area contributed by atoms with Crippen LogP contribution in [0.25, 0.3) is 0 Å². The van der Waals surface area contributed by atoms with Crippen LogP contribution in [-0.2, 0) is 4.79 Å². The first-order valence-corrected chi connectivity index (χ1v) is 7.50. The van der Waals surface area contributed by atoms with Crippen molar-refractivity contribution >= 4 is 11.8 Å². The van der Waals surface area contributed by atoms with Crippen molar-refractivity contribution in [2.45, 2.75) is 50.3 Å². The van der Waals surface area contributed by atoms with Crippen molar-refractivity contribution in [3.05, 3.63) is 35.4 Å². The van der Waals surface area contributed by atoms with Gasteiger partial charge >= 0.3 is 0 Å². The fraction of sp³-hybridized carbons (Fsp3) is 0.500. The predicted molar refractivity (Wildman–Crippen MR) is 77.7 cm³/mol. The minimum atomic E-state index is -0.233. The Morgan fingerprint density at radius 2 is 1.95 bits per heavy atom. The molecule has 3 N–H and O–H groups in total. The zero-order valence-corrected chi connectivity index (χ0v) is 11.8. The van der Waals surface area contributed by atoms with Gasteiger partial charge in [-0.2, -0.15) is 0 Å². The number of hydrogen-bond donors (Lipinski definition) is 3. The first kappa shape index (κ1) is 14.1. The van der Waals surface area contributed by atoms with E-state index in [1.165, 1.54) is 0 Å². The second-order valence-electron chi connectivity index (χ2n) is 5.89. The van der Waals surface area contributed by atoms with E-state index in [0.717, 1.165) is 31.2 Å². The Bertz CT molecular complexity index is 550. The fourth-order valence-corrected chi connectivity index (χ4v) is 3.17. The summed E-state index contributed by atoms with van der Waals surface area (Å²) in [5.74, 6) is -0.150. The van der Waals surface area contributed by atoms with Gasteiger partial charge in [0.25, 0.3) is 5.91 Å². The van der Waals surface area contributed by atoms with Gasteiger partial charge in [0.2, 0.25) is 5.91 Å². The molecule has 1 saturated carbocycles. The molecule has 2 aliphatic rings. The molecular formula is C16H20N2O3. The third-order valence-corrected chi connectivity index (χ3v) is 4.34. The lowest BCUT2D eigenvalue weighted by molar-refractivity contribution is -0.122. The molecule has 1 aromatic rings. The fourth-order valence-electron chi connectivity index (χ4n) is 3.17. The number of nitrogens with one attached hydrogen (secondary N) is 2. The number of aliphatic hydroxyl groups is 1. The van der Waals surface area contributed by atoms with Crippen molar-refractivity contribution in [2.24, 2.45) is 0 Å². The molecule has 1 aromatic carbocycles. The summed E-state index contributed by atoms with van der Waals surface area (Å²) in [6.07, 6.45) is 3.17. The van der Waals surface area contributed by atoms with Crippen LogP contribution in [0.1, 0.15) is 54.1 Å². The SMILES string of the molecule is O=C(C[C@@H]1NC(=O)c2ccccc21)NC1CCC(O)CC1. The second-order valence-corrected chi connectivity index (χ2v) is 5.89. The van der Waals surface area contributed by atoms with Crippen molar-refractivity contribution in [3.8, 4) is 0 Å². The van der Waals surface area contributed by atoms with Crippen LogP contribution in [0.2, 0.25) is 0 Å². The van der Waals surface area contributed by atoms with Crippen molar-refractivity contribution in [1.82, 2.24) is 10.6 Å². The van der Waals surface area contributed by atoms with Gasteiger partial charge in [-0.1, -0.05) is 18.2 Å². The van der Waals surface area contributed by atoms with E-state index in [1.807, 2.05) is 18.2 Å². The topological polar surface area (TPSA) is 78.4 Å². The molecule has 2 amide bonds. The van der Waals surface area contributed by atoms with Gasteiger partial charge < -0.3 is 15.7 Å². The largest absolute Gasteiger partial charge is 0.393 e. The van der Waals surface area contributed by atoms with Gasteiger partial charge in [0.15, 0.2) is 0 Å². The zero-order chi connectivity index (χ0) is 14.8. The third kappa shape index (κ3) is 3.08. The summed E-state index contributed by atoms with van der Waals surface area (Å²) in [6, 6.07) is 7.30. The van der Waals surface area contributed by atoms with Crippen molar-refractivity contribution in [1.29, 1.82) is 0 Å². The van der Waals surface area contributed by atoms with Crippen molar-refractivity contribution in [3.63, 3.8) is 0 Å². The monoisotopic (exact) mass is 288 g/mol. The number of carbonyl (C=O) groups excluding carboxylic acids is 2. The average molecular weight is 288 g/mol. The number of benzene rings is 1. The van der Waals surface area contributed by atoms with Crippen LogP contribution in [-0.4, -0.2) is 29.1 Å². The van der Waals surface area contributed by atoms with Gasteiger partial charge in [0.1, 0.15) is 0 Å². The van der Waals surface area contributed by atoms with Gasteiger partial charge in [-0.05, 0) is 37.3 Å². The molecule has 0 bridgehead atoms. The van der Waals surface area contributed by atoms with Gasteiger partial charge in [-0.25, -0.2) is 0 Å². The minimum Gasteiger partial charge on any atom is -0.393 e. The molecule has 0 saturated heterocycles. The quantitative estimate of drug-likeness (QED) is 0.784. The van der Waals surface area contributed by atoms with Crippen LogP contribution in [0.3, 0.4) is 0 Å². The summed E-state index contributed by atoms with van der Waals surface area (Å²) < 4.78 is 0. The predicted octanol–water partition coefficient (Wildman–Crippen LogP) is 1.28. The van der Waals surface area contributed by atoms with Crippen LogP contribution in [0.4, 0.5) is 0 Å². The molecule has 21 heavy (non-hydrogen) atoms. The lowest BCUT2D eigenvalue weighted by Gasteiger charge is -2.26. The molecule has 3 rings (SSSR count). The van der Waals surface area contributed by atoms with Crippen LogP contribution in [0.15, 0.2) is 24.3 Å². The number of hydrogen-bond acceptors (Lipinski definition) is 3. The molecule has 112 valence electrons. The molecule has 1 aliphatic carbocycles. The summed E-state index contributed by atoms with van der Waals surface area (Å²) in [4.78, 5) is 24.0. The number of amides is 2. The lowest BCUT2D eigenvalue weighted by atomic mass is 9.93. The second kappa shape index (κ2) is 5.85. The highest BCUT2D eigenvalue weighted by molar-refractivity contribution is 5.99. The molecule has 0 radical (unpaired) electrons. The molecule has 1 heterocycles. The van der Waals surface area contributed by atoms with Gasteiger partial charge in [0.05, 0.1) is 18.6 Å². The number of carbonyl (C=O) groups is 2. The van der Waals surface area contributed by atoms with Gasteiger partial charge in [-0.3, -0.25) is 9.59 Å². The van der Waals surface area contributed by atoms with Crippen LogP contribution in [0.5, 0.6) is 0 Å². The normalized spacial score (nSPS) is 27.9. The Morgan fingerprint density at radius 3 is 2.71 bits per heavy atom.